The molecule has 20 heavy (non-hydrogen) atoms. The third kappa shape index (κ3) is 3.82. The van der Waals surface area contributed by atoms with E-state index >= 15 is 0 Å². The predicted molar refractivity (Wildman–Crippen MR) is 79.1 cm³/mol. The molecule has 0 bridgehead atoms. The number of nitrogens with zero attached hydrogens (tertiary/aromatic N) is 2. The second kappa shape index (κ2) is 7.06. The van der Waals surface area contributed by atoms with Crippen molar-refractivity contribution in [3.8, 4) is 6.07 Å². The molecule has 1 amide bonds. The lowest BCUT2D eigenvalue weighted by Gasteiger charge is -2.25. The number of anilines is 1. The first-order chi connectivity index (χ1) is 9.70. The molecule has 1 aromatic rings. The molecule has 4 heteroatoms. The normalized spacial score (nSPS) is 17.8. The molecule has 2 rings (SSSR count). The van der Waals surface area contributed by atoms with Crippen LogP contribution < -0.4 is 5.32 Å². The highest BCUT2D eigenvalue weighted by Gasteiger charge is 2.20. The Balaban J connectivity index is 2.10. The molecule has 1 heterocycles. The molecule has 0 aromatic heterocycles. The number of nitriles is 1. The second-order valence-electron chi connectivity index (χ2n) is 5.29. The van der Waals surface area contributed by atoms with E-state index < -0.39 is 0 Å². The maximum atomic E-state index is 11.0. The smallest absolute Gasteiger partial charge is 0.221 e. The van der Waals surface area contributed by atoms with Gasteiger partial charge in [-0.2, -0.15) is 5.26 Å². The highest BCUT2D eigenvalue weighted by atomic mass is 16.1. The summed E-state index contributed by atoms with van der Waals surface area (Å²) in [5.41, 5.74) is 1.78. The average Bonchev–Trinajstić information content (AvgIpc) is 2.70. The molecule has 0 spiro atoms. The van der Waals surface area contributed by atoms with Gasteiger partial charge in [0.05, 0.1) is 6.07 Å². The van der Waals surface area contributed by atoms with Gasteiger partial charge in [0, 0.05) is 12.6 Å². The first-order valence-electron chi connectivity index (χ1n) is 7.22. The zero-order chi connectivity index (χ0) is 14.4. The van der Waals surface area contributed by atoms with Gasteiger partial charge in [0.2, 0.25) is 5.91 Å². The highest BCUT2D eigenvalue weighted by Crippen LogP contribution is 2.24. The van der Waals surface area contributed by atoms with Crippen LogP contribution in [0.25, 0.3) is 0 Å². The Morgan fingerprint density at radius 2 is 1.80 bits per heavy atom. The number of hydrogen-bond donors (Lipinski definition) is 1. The van der Waals surface area contributed by atoms with Crippen molar-refractivity contribution in [2.45, 2.75) is 38.6 Å². The van der Waals surface area contributed by atoms with E-state index in [9.17, 15) is 10.1 Å². The van der Waals surface area contributed by atoms with Crippen molar-refractivity contribution in [1.29, 1.82) is 5.26 Å². The first-order valence-corrected chi connectivity index (χ1v) is 7.22. The van der Waals surface area contributed by atoms with Crippen LogP contribution in [-0.2, 0) is 4.79 Å². The molecule has 1 aliphatic rings. The van der Waals surface area contributed by atoms with Gasteiger partial charge in [-0.05, 0) is 43.6 Å². The Morgan fingerprint density at radius 3 is 2.30 bits per heavy atom. The van der Waals surface area contributed by atoms with Gasteiger partial charge in [-0.3, -0.25) is 9.69 Å². The molecular formula is C16H21N3O. The van der Waals surface area contributed by atoms with Crippen molar-refractivity contribution in [1.82, 2.24) is 4.90 Å². The van der Waals surface area contributed by atoms with E-state index in [1.54, 1.807) is 0 Å². The summed E-state index contributed by atoms with van der Waals surface area (Å²) < 4.78 is 0. The number of amides is 1. The van der Waals surface area contributed by atoms with Crippen molar-refractivity contribution in [3.05, 3.63) is 29.8 Å². The first kappa shape index (κ1) is 14.5. The largest absolute Gasteiger partial charge is 0.326 e. The lowest BCUT2D eigenvalue weighted by molar-refractivity contribution is -0.114. The number of likely N-dealkylation sites (tertiary alicyclic amines) is 1. The topological polar surface area (TPSA) is 56.1 Å². The van der Waals surface area contributed by atoms with Crippen molar-refractivity contribution < 1.29 is 4.79 Å². The molecule has 4 nitrogen and oxygen atoms in total. The molecule has 0 radical (unpaired) electrons. The maximum absolute atomic E-state index is 11.0. The van der Waals surface area contributed by atoms with Gasteiger partial charge in [-0.15, -0.1) is 0 Å². The van der Waals surface area contributed by atoms with Crippen LogP contribution in [-0.4, -0.2) is 23.9 Å². The van der Waals surface area contributed by atoms with Crippen LogP contribution >= 0.6 is 0 Å². The summed E-state index contributed by atoms with van der Waals surface area (Å²) in [5, 5.41) is 12.2. The molecular weight excluding hydrogens is 250 g/mol. The fraction of sp³-hybridized carbons (Fsp3) is 0.500. The summed E-state index contributed by atoms with van der Waals surface area (Å²) in [5.74, 6) is -0.0814. The summed E-state index contributed by atoms with van der Waals surface area (Å²) in [6.45, 7) is 3.47. The zero-order valence-corrected chi connectivity index (χ0v) is 11.9. The number of benzene rings is 1. The Bertz CT molecular complexity index is 481. The molecule has 1 saturated heterocycles. The molecule has 1 atom stereocenters. The Labute approximate surface area is 120 Å². The van der Waals surface area contributed by atoms with Gasteiger partial charge < -0.3 is 5.32 Å². The number of carbonyl (C=O) groups excluding carboxylic acids is 1. The van der Waals surface area contributed by atoms with Crippen LogP contribution in [0.5, 0.6) is 0 Å². The average molecular weight is 271 g/mol. The van der Waals surface area contributed by atoms with E-state index in [1.807, 2.05) is 24.3 Å². The summed E-state index contributed by atoms with van der Waals surface area (Å²) >= 11 is 0. The lowest BCUT2D eigenvalue weighted by Crippen LogP contribution is -2.28. The fourth-order valence-electron chi connectivity index (χ4n) is 2.67. The Morgan fingerprint density at radius 1 is 1.20 bits per heavy atom. The minimum Gasteiger partial charge on any atom is -0.326 e. The highest BCUT2D eigenvalue weighted by molar-refractivity contribution is 5.88. The number of rotatable bonds is 3. The number of carbonyl (C=O) groups is 1. The summed E-state index contributed by atoms with van der Waals surface area (Å²) in [4.78, 5) is 13.3. The second-order valence-corrected chi connectivity index (χ2v) is 5.29. The zero-order valence-electron chi connectivity index (χ0n) is 11.9. The molecule has 1 aliphatic heterocycles. The number of hydrogen-bond acceptors (Lipinski definition) is 3. The van der Waals surface area contributed by atoms with Crippen LogP contribution in [0.4, 0.5) is 5.69 Å². The van der Waals surface area contributed by atoms with Gasteiger partial charge >= 0.3 is 0 Å². The maximum Gasteiger partial charge on any atom is 0.221 e. The summed E-state index contributed by atoms with van der Waals surface area (Å²) in [6.07, 6.45) is 4.86. The van der Waals surface area contributed by atoms with Crippen LogP contribution in [0.15, 0.2) is 24.3 Å². The standard InChI is InChI=1S/C16H21N3O/c1-13(20)18-15-8-6-14(7-9-15)16(12-17)19-10-4-2-3-5-11-19/h6-9,16H,2-5,10-11H2,1H3,(H,18,20). The molecule has 0 aliphatic carbocycles. The van der Waals surface area contributed by atoms with Crippen LogP contribution in [0, 0.1) is 11.3 Å². The fourth-order valence-corrected chi connectivity index (χ4v) is 2.67. The van der Waals surface area contributed by atoms with Gasteiger partial charge in [-0.25, -0.2) is 0 Å². The van der Waals surface area contributed by atoms with Gasteiger partial charge in [-0.1, -0.05) is 25.0 Å². The van der Waals surface area contributed by atoms with Gasteiger partial charge in [0.25, 0.3) is 0 Å². The van der Waals surface area contributed by atoms with E-state index in [4.69, 9.17) is 0 Å². The predicted octanol–water partition coefficient (Wildman–Crippen LogP) is 3.09. The van der Waals surface area contributed by atoms with E-state index in [0.717, 1.165) is 24.3 Å². The van der Waals surface area contributed by atoms with Crippen LogP contribution in [0.1, 0.15) is 44.2 Å². The van der Waals surface area contributed by atoms with Gasteiger partial charge in [0.1, 0.15) is 6.04 Å². The Hall–Kier alpha value is -1.86. The third-order valence-electron chi connectivity index (χ3n) is 3.67. The van der Waals surface area contributed by atoms with Crippen LogP contribution in [0.2, 0.25) is 0 Å². The third-order valence-corrected chi connectivity index (χ3v) is 3.67. The molecule has 1 N–H and O–H groups in total. The van der Waals surface area contributed by atoms with Crippen molar-refractivity contribution >= 4 is 11.6 Å². The molecule has 0 saturated carbocycles. The Kier molecular flexibility index (Phi) is 5.14. The van der Waals surface area contributed by atoms with E-state index in [0.29, 0.717) is 0 Å². The van der Waals surface area contributed by atoms with E-state index in [-0.39, 0.29) is 11.9 Å². The monoisotopic (exact) mass is 271 g/mol. The van der Waals surface area contributed by atoms with Crippen LogP contribution in [0.3, 0.4) is 0 Å². The molecule has 1 aromatic carbocycles. The number of nitrogens with one attached hydrogen (secondary N) is 1. The molecule has 1 fully saturated rings. The quantitative estimate of drug-likeness (QED) is 0.919. The summed E-state index contributed by atoms with van der Waals surface area (Å²) in [6, 6.07) is 9.82. The minimum absolute atomic E-state index is 0.0814. The minimum atomic E-state index is -0.181. The van der Waals surface area contributed by atoms with Crippen molar-refractivity contribution in [2.75, 3.05) is 18.4 Å². The van der Waals surface area contributed by atoms with E-state index in [2.05, 4.69) is 16.3 Å². The molecule has 1 unspecified atom stereocenters. The SMILES string of the molecule is CC(=O)Nc1ccc(C(C#N)N2CCCCCC2)cc1. The van der Waals surface area contributed by atoms with Crippen molar-refractivity contribution in [2.24, 2.45) is 0 Å². The molecule has 106 valence electrons. The van der Waals surface area contributed by atoms with Gasteiger partial charge in [0.15, 0.2) is 0 Å². The summed E-state index contributed by atoms with van der Waals surface area (Å²) in [7, 11) is 0. The van der Waals surface area contributed by atoms with Crippen molar-refractivity contribution in [3.63, 3.8) is 0 Å². The lowest BCUT2D eigenvalue weighted by atomic mass is 10.1. The van der Waals surface area contributed by atoms with E-state index in [1.165, 1.54) is 32.6 Å².